The fourth-order valence-electron chi connectivity index (χ4n) is 16.1. The third kappa shape index (κ3) is 7.59. The molecule has 0 aliphatic heterocycles. The monoisotopic (exact) mass is 1240 g/mol. The molecule has 96 heavy (non-hydrogen) atoms. The van der Waals surface area contributed by atoms with Crippen LogP contribution in [0.25, 0.3) is 181 Å². The number of hydrogen-bond donors (Lipinski definition) is 0. The Morgan fingerprint density at radius 3 is 0.792 bits per heavy atom. The molecule has 20 rings (SSSR count). The summed E-state index contributed by atoms with van der Waals surface area (Å²) < 4.78 is 61.1. The Morgan fingerprint density at radius 2 is 0.510 bits per heavy atom. The van der Waals surface area contributed by atoms with Crippen molar-refractivity contribution in [3.63, 3.8) is 0 Å². The normalized spacial score (nSPS) is 12.3. The highest BCUT2D eigenvalue weighted by atomic mass is 19.4. The smallest absolute Gasteiger partial charge is 0.310 e. The molecule has 0 amide bonds. The largest absolute Gasteiger partial charge is 0.416 e. The predicted molar refractivity (Wildman–Crippen MR) is 389 cm³/mol. The summed E-state index contributed by atoms with van der Waals surface area (Å²) in [5.41, 5.74) is 16.5. The molecule has 0 saturated carbocycles. The second-order valence-electron chi connectivity index (χ2n) is 25.0. The van der Waals surface area contributed by atoms with Crippen LogP contribution in [0.1, 0.15) is 5.56 Å². The third-order valence-electron chi connectivity index (χ3n) is 20.0. The number of rotatable bonds is 7. The summed E-state index contributed by atoms with van der Waals surface area (Å²) in [6.07, 6.45) is -4.74. The van der Waals surface area contributed by atoms with Crippen molar-refractivity contribution in [2.24, 2.45) is 0 Å². The van der Waals surface area contributed by atoms with E-state index in [9.17, 15) is 0 Å². The van der Waals surface area contributed by atoms with Gasteiger partial charge in [-0.3, -0.25) is 0 Å². The van der Waals surface area contributed by atoms with E-state index >= 15 is 13.2 Å². The number of aromatic nitrogens is 6. The summed E-state index contributed by atoms with van der Waals surface area (Å²) in [5.74, 6) is 0. The van der Waals surface area contributed by atoms with Gasteiger partial charge in [0.1, 0.15) is 0 Å². The molecule has 0 radical (unpaired) electrons. The lowest BCUT2D eigenvalue weighted by molar-refractivity contribution is -0.137. The van der Waals surface area contributed by atoms with Gasteiger partial charge in [0, 0.05) is 98.6 Å². The van der Waals surface area contributed by atoms with E-state index in [0.717, 1.165) is 154 Å². The highest BCUT2D eigenvalue weighted by molar-refractivity contribution is 6.17. The number of halogens is 3. The van der Waals surface area contributed by atoms with E-state index in [1.54, 1.807) is 12.1 Å². The van der Waals surface area contributed by atoms with Crippen LogP contribution in [-0.4, -0.2) is 27.4 Å². The average Bonchev–Trinajstić information content (AvgIpc) is 1.54. The zero-order valence-electron chi connectivity index (χ0n) is 51.1. The summed E-state index contributed by atoms with van der Waals surface area (Å²) >= 11 is 0. The Labute approximate surface area is 545 Å². The van der Waals surface area contributed by atoms with Gasteiger partial charge in [0.15, 0.2) is 5.69 Å². The predicted octanol–water partition coefficient (Wildman–Crippen LogP) is 23.5. The van der Waals surface area contributed by atoms with Gasteiger partial charge in [0.2, 0.25) is 0 Å². The minimum Gasteiger partial charge on any atom is -0.310 e. The summed E-state index contributed by atoms with van der Waals surface area (Å²) in [7, 11) is 0. The van der Waals surface area contributed by atoms with Gasteiger partial charge < -0.3 is 27.4 Å². The van der Waals surface area contributed by atoms with Crippen molar-refractivity contribution < 1.29 is 13.2 Å². The molecule has 0 fully saturated rings. The average molecular weight is 1240 g/mol. The van der Waals surface area contributed by atoms with Crippen molar-refractivity contribution in [3.05, 3.63) is 320 Å². The second kappa shape index (κ2) is 20.1. The van der Waals surface area contributed by atoms with Gasteiger partial charge in [-0.2, -0.15) is 13.2 Å². The third-order valence-corrected chi connectivity index (χ3v) is 20.0. The van der Waals surface area contributed by atoms with Gasteiger partial charge in [-0.05, 0) is 151 Å². The van der Waals surface area contributed by atoms with Crippen molar-refractivity contribution in [3.8, 4) is 45.3 Å². The Morgan fingerprint density at radius 1 is 0.240 bits per heavy atom. The minimum absolute atomic E-state index is 0.204. The van der Waals surface area contributed by atoms with Crippen LogP contribution in [0.4, 0.5) is 18.9 Å². The number of alkyl halides is 3. The van der Waals surface area contributed by atoms with Gasteiger partial charge in [0.05, 0.1) is 84.0 Å². The molecule has 10 heteroatoms. The fourth-order valence-corrected chi connectivity index (χ4v) is 16.1. The molecule has 7 nitrogen and oxygen atoms in total. The number of hydrogen-bond acceptors (Lipinski definition) is 0. The fraction of sp³-hybridized carbons (Fsp3) is 0.0116. The highest BCUT2D eigenvalue weighted by Crippen LogP contribution is 2.49. The van der Waals surface area contributed by atoms with Crippen LogP contribution >= 0.6 is 0 Å². The van der Waals surface area contributed by atoms with Crippen molar-refractivity contribution in [1.82, 2.24) is 27.4 Å². The van der Waals surface area contributed by atoms with E-state index in [0.29, 0.717) is 16.9 Å². The number of benzene rings is 14. The molecular formula is C86H50F3N7. The zero-order chi connectivity index (χ0) is 63.7. The van der Waals surface area contributed by atoms with Crippen LogP contribution in [0.3, 0.4) is 0 Å². The molecular weight excluding hydrogens is 1190 g/mol. The molecule has 0 N–H and O–H groups in total. The highest BCUT2D eigenvalue weighted by Gasteiger charge is 2.33. The van der Waals surface area contributed by atoms with Gasteiger partial charge >= 0.3 is 6.18 Å². The first-order valence-electron chi connectivity index (χ1n) is 32.1. The number of fused-ring (bicyclic) bond motifs is 18. The van der Waals surface area contributed by atoms with Gasteiger partial charge in [-0.1, -0.05) is 158 Å². The molecule has 20 aromatic rings. The molecule has 0 spiro atoms. The maximum atomic E-state index is 15.9. The second-order valence-corrected chi connectivity index (χ2v) is 25.0. The maximum Gasteiger partial charge on any atom is 0.416 e. The van der Waals surface area contributed by atoms with E-state index in [4.69, 9.17) is 6.57 Å². The Balaban J connectivity index is 0.873. The number of para-hydroxylation sites is 8. The van der Waals surface area contributed by atoms with Crippen LogP contribution in [0.2, 0.25) is 0 Å². The van der Waals surface area contributed by atoms with Gasteiger partial charge in [-0.25, -0.2) is 4.85 Å². The number of nitrogens with zero attached hydrogens (tertiary/aromatic N) is 7. The van der Waals surface area contributed by atoms with Crippen LogP contribution in [0, 0.1) is 6.57 Å². The van der Waals surface area contributed by atoms with E-state index in [1.165, 1.54) is 12.1 Å². The molecule has 450 valence electrons. The zero-order valence-corrected chi connectivity index (χ0v) is 51.1. The molecule has 6 aromatic heterocycles. The lowest BCUT2D eigenvalue weighted by atomic mass is 9.96. The topological polar surface area (TPSA) is 33.9 Å². The van der Waals surface area contributed by atoms with E-state index in [1.807, 2.05) is 12.1 Å². The summed E-state index contributed by atoms with van der Waals surface area (Å²) in [6, 6.07) is 103. The van der Waals surface area contributed by atoms with Crippen LogP contribution in [-0.2, 0) is 6.18 Å². The first-order chi connectivity index (χ1) is 47.3. The molecule has 0 aliphatic carbocycles. The Bertz CT molecular complexity index is 6240. The van der Waals surface area contributed by atoms with Gasteiger partial charge in [-0.15, -0.1) is 0 Å². The molecule has 0 saturated heterocycles. The Hall–Kier alpha value is -12.8. The van der Waals surface area contributed by atoms with Gasteiger partial charge in [0.25, 0.3) is 0 Å². The molecule has 0 unspecified atom stereocenters. The maximum absolute atomic E-state index is 15.9. The first kappa shape index (κ1) is 53.8. The Kier molecular flexibility index (Phi) is 11.3. The van der Waals surface area contributed by atoms with Crippen molar-refractivity contribution in [2.75, 3.05) is 0 Å². The van der Waals surface area contributed by atoms with Crippen LogP contribution < -0.4 is 0 Å². The molecule has 14 aromatic carbocycles. The quantitative estimate of drug-likeness (QED) is 0.143. The van der Waals surface area contributed by atoms with Crippen molar-refractivity contribution in [1.29, 1.82) is 0 Å². The summed E-state index contributed by atoms with van der Waals surface area (Å²) in [6.45, 7) is 9.04. The van der Waals surface area contributed by atoms with Crippen LogP contribution in [0.5, 0.6) is 0 Å². The SMILES string of the molecule is [C-]#[N+]c1cccc(-n2c3ccc(-n4c5ccccc5c5ccccc54)cc3c3cc(-n4c5ccccc5c5ccccc54)ccc32)c1-c1cc(C(F)(F)F)ccc1-n1c2ccc(-n3c4ccccc4c4ccccc43)cc2c2cc(-n3c4ccccc4c4ccccc43)ccc21. The standard InChI is InChI=1S/C86H50F3N7/c1-90-70-27-18-36-84(96-81-45-40-55(93-75-32-14-6-23-61(75)62-24-7-15-33-76(62)93)50-67(81)68-51-56(41-46-82(68)96)94-77-34-16-8-25-63(77)64-26-9-17-35-78(64)94)85(70)69-47-52(86(87,88)89)37-42-83(69)95-79-43-38-53(91-71-28-10-2-19-57(71)58-20-3-11-29-72(58)91)48-65(79)66-49-54(39-44-80(66)95)92-73-30-12-4-21-59(73)60-22-5-13-31-74(60)92/h2-51H. The van der Waals surface area contributed by atoms with Crippen LogP contribution in [0.15, 0.2) is 303 Å². The minimum atomic E-state index is -4.74. The summed E-state index contributed by atoms with van der Waals surface area (Å²) in [4.78, 5) is 4.24. The molecule has 0 aliphatic rings. The van der Waals surface area contributed by atoms with E-state index in [2.05, 4.69) is 299 Å². The molecule has 0 bridgehead atoms. The van der Waals surface area contributed by atoms with E-state index in [-0.39, 0.29) is 11.3 Å². The molecule has 0 atom stereocenters. The summed E-state index contributed by atoms with van der Waals surface area (Å²) in [5, 5.41) is 12.7. The molecule has 6 heterocycles. The van der Waals surface area contributed by atoms with Crippen molar-refractivity contribution in [2.45, 2.75) is 6.18 Å². The van der Waals surface area contributed by atoms with E-state index < -0.39 is 11.7 Å². The first-order valence-corrected chi connectivity index (χ1v) is 32.1. The lowest BCUT2D eigenvalue weighted by Crippen LogP contribution is -2.08. The van der Waals surface area contributed by atoms with Crippen molar-refractivity contribution >= 4 is 137 Å². The lowest BCUT2D eigenvalue weighted by Gasteiger charge is -2.21.